The Balaban J connectivity index is 1.76. The smallest absolute Gasteiger partial charge is 0.197 e. The Hall–Kier alpha value is -2.09. The summed E-state index contributed by atoms with van der Waals surface area (Å²) in [7, 11) is 0. The highest BCUT2D eigenvalue weighted by atomic mass is 16.1. The van der Waals surface area contributed by atoms with Crippen LogP contribution in [0.25, 0.3) is 21.8 Å². The number of hydrogen-bond acceptors (Lipinski definition) is 1. The third kappa shape index (κ3) is 3.69. The summed E-state index contributed by atoms with van der Waals surface area (Å²) in [6, 6.07) is 14.0. The van der Waals surface area contributed by atoms with E-state index >= 15 is 0 Å². The molecule has 0 unspecified atom stereocenters. The highest BCUT2D eigenvalue weighted by molar-refractivity contribution is 5.94. The van der Waals surface area contributed by atoms with E-state index < -0.39 is 0 Å². The van der Waals surface area contributed by atoms with Crippen molar-refractivity contribution in [3.63, 3.8) is 0 Å². The molecule has 2 aromatic carbocycles. The van der Waals surface area contributed by atoms with Gasteiger partial charge >= 0.3 is 0 Å². The number of unbranched alkanes of at least 4 members (excludes halogenated alkanes) is 6. The lowest BCUT2D eigenvalue weighted by Gasteiger charge is -2.08. The van der Waals surface area contributed by atoms with E-state index in [1.54, 1.807) is 0 Å². The molecule has 24 heavy (non-hydrogen) atoms. The highest BCUT2D eigenvalue weighted by Gasteiger charge is 2.09. The minimum absolute atomic E-state index is 0.165. The van der Waals surface area contributed by atoms with Crippen molar-refractivity contribution in [3.8, 4) is 0 Å². The second-order valence-corrected chi connectivity index (χ2v) is 6.71. The van der Waals surface area contributed by atoms with E-state index in [2.05, 4.69) is 24.0 Å². The Labute approximate surface area is 143 Å². The van der Waals surface area contributed by atoms with Crippen LogP contribution in [0.4, 0.5) is 0 Å². The number of fused-ring (bicyclic) bond motifs is 2. The maximum atomic E-state index is 12.9. The van der Waals surface area contributed by atoms with Gasteiger partial charge in [-0.1, -0.05) is 69.7 Å². The minimum atomic E-state index is 0.165. The summed E-state index contributed by atoms with van der Waals surface area (Å²) in [6.07, 6.45) is 10.1. The van der Waals surface area contributed by atoms with E-state index in [0.29, 0.717) is 0 Å². The zero-order valence-corrected chi connectivity index (χ0v) is 14.6. The average molecular weight is 321 g/mol. The molecule has 1 heterocycles. The first-order valence-corrected chi connectivity index (χ1v) is 9.34. The summed E-state index contributed by atoms with van der Waals surface area (Å²) in [5.41, 5.74) is 3.23. The third-order valence-electron chi connectivity index (χ3n) is 4.87. The number of aromatic amines is 1. The van der Waals surface area contributed by atoms with Gasteiger partial charge in [-0.05, 0) is 36.6 Å². The van der Waals surface area contributed by atoms with Gasteiger partial charge in [0.1, 0.15) is 0 Å². The number of rotatable bonds is 8. The molecule has 1 aromatic heterocycles. The molecule has 0 aliphatic carbocycles. The number of pyridine rings is 1. The molecule has 0 radical (unpaired) electrons. The molecule has 126 valence electrons. The Morgan fingerprint density at radius 3 is 2.33 bits per heavy atom. The number of hydrogen-bond donors (Lipinski definition) is 1. The lowest BCUT2D eigenvalue weighted by atomic mass is 9.99. The normalized spacial score (nSPS) is 11.4. The van der Waals surface area contributed by atoms with E-state index in [-0.39, 0.29) is 5.43 Å². The molecule has 1 N–H and O–H groups in total. The van der Waals surface area contributed by atoms with Crippen molar-refractivity contribution in [2.75, 3.05) is 0 Å². The average Bonchev–Trinajstić information content (AvgIpc) is 2.61. The van der Waals surface area contributed by atoms with Crippen LogP contribution in [-0.4, -0.2) is 4.98 Å². The van der Waals surface area contributed by atoms with Gasteiger partial charge in [0.2, 0.25) is 0 Å². The van der Waals surface area contributed by atoms with Gasteiger partial charge in [0.05, 0.1) is 5.52 Å². The molecule has 2 heteroatoms. The topological polar surface area (TPSA) is 32.9 Å². The second kappa shape index (κ2) is 8.14. The van der Waals surface area contributed by atoms with Gasteiger partial charge in [-0.25, -0.2) is 0 Å². The summed E-state index contributed by atoms with van der Waals surface area (Å²) in [6.45, 7) is 2.25. The van der Waals surface area contributed by atoms with Crippen LogP contribution in [0.5, 0.6) is 0 Å². The van der Waals surface area contributed by atoms with E-state index in [1.807, 2.05) is 30.3 Å². The molecule has 0 amide bonds. The predicted molar refractivity (Wildman–Crippen MR) is 104 cm³/mol. The van der Waals surface area contributed by atoms with E-state index in [4.69, 9.17) is 0 Å². The minimum Gasteiger partial charge on any atom is -0.354 e. The number of para-hydroxylation sites is 1. The quantitative estimate of drug-likeness (QED) is 0.402. The Kier molecular flexibility index (Phi) is 5.68. The fraction of sp³-hybridized carbons (Fsp3) is 0.409. The first kappa shape index (κ1) is 16.8. The molecule has 0 spiro atoms. The largest absolute Gasteiger partial charge is 0.354 e. The van der Waals surface area contributed by atoms with Crippen molar-refractivity contribution in [2.24, 2.45) is 0 Å². The second-order valence-electron chi connectivity index (χ2n) is 6.71. The Morgan fingerprint density at radius 2 is 1.50 bits per heavy atom. The van der Waals surface area contributed by atoms with Crippen LogP contribution in [0.3, 0.4) is 0 Å². The van der Waals surface area contributed by atoms with E-state index in [0.717, 1.165) is 34.6 Å². The van der Waals surface area contributed by atoms with Crippen molar-refractivity contribution in [3.05, 3.63) is 58.3 Å². The molecular weight excluding hydrogens is 294 g/mol. The summed E-state index contributed by atoms with van der Waals surface area (Å²) in [4.78, 5) is 16.3. The number of aryl methyl sites for hydroxylation is 1. The number of nitrogens with one attached hydrogen (secondary N) is 1. The number of benzene rings is 2. The maximum absolute atomic E-state index is 12.9. The van der Waals surface area contributed by atoms with Crippen molar-refractivity contribution >= 4 is 21.8 Å². The Bertz CT molecular complexity index is 863. The lowest BCUT2D eigenvalue weighted by Crippen LogP contribution is -2.07. The summed E-state index contributed by atoms with van der Waals surface area (Å²) < 4.78 is 0. The molecule has 0 aliphatic heterocycles. The van der Waals surface area contributed by atoms with Crippen molar-refractivity contribution in [2.45, 2.75) is 58.3 Å². The third-order valence-corrected chi connectivity index (χ3v) is 4.87. The molecule has 0 atom stereocenters. The standard InChI is InChI=1S/C22H27NO/c1-2-3-4-5-6-7-8-12-17-13-11-16-20-21(17)22(24)18-14-9-10-15-19(18)23-20/h9-11,13-16H,2-8,12H2,1H3,(H,23,24). The Morgan fingerprint density at radius 1 is 0.792 bits per heavy atom. The molecule has 0 fully saturated rings. The van der Waals surface area contributed by atoms with Gasteiger partial charge in [0.15, 0.2) is 5.43 Å². The zero-order chi connectivity index (χ0) is 16.8. The van der Waals surface area contributed by atoms with Gasteiger partial charge in [-0.2, -0.15) is 0 Å². The molecule has 0 bridgehead atoms. The first-order chi connectivity index (χ1) is 11.8. The van der Waals surface area contributed by atoms with E-state index in [1.165, 1.54) is 44.1 Å². The molecule has 0 saturated carbocycles. The predicted octanol–water partition coefficient (Wildman–Crippen LogP) is 5.97. The van der Waals surface area contributed by atoms with Crippen LogP contribution in [0.1, 0.15) is 57.4 Å². The monoisotopic (exact) mass is 321 g/mol. The van der Waals surface area contributed by atoms with E-state index in [9.17, 15) is 4.79 Å². The zero-order valence-electron chi connectivity index (χ0n) is 14.6. The van der Waals surface area contributed by atoms with Crippen molar-refractivity contribution < 1.29 is 0 Å². The fourth-order valence-corrected chi connectivity index (χ4v) is 3.52. The lowest BCUT2D eigenvalue weighted by molar-refractivity contribution is 0.590. The highest BCUT2D eigenvalue weighted by Crippen LogP contribution is 2.20. The molecule has 0 aliphatic rings. The van der Waals surface area contributed by atoms with Gasteiger partial charge in [-0.15, -0.1) is 0 Å². The van der Waals surface area contributed by atoms with Crippen LogP contribution < -0.4 is 5.43 Å². The van der Waals surface area contributed by atoms with Crippen LogP contribution >= 0.6 is 0 Å². The van der Waals surface area contributed by atoms with Gasteiger partial charge in [0, 0.05) is 16.3 Å². The van der Waals surface area contributed by atoms with Gasteiger partial charge in [0.25, 0.3) is 0 Å². The van der Waals surface area contributed by atoms with Crippen LogP contribution in [0, 0.1) is 0 Å². The SMILES string of the molecule is CCCCCCCCCc1cccc2[nH]c3ccccc3c(=O)c12. The summed E-state index contributed by atoms with van der Waals surface area (Å²) >= 11 is 0. The van der Waals surface area contributed by atoms with Crippen molar-refractivity contribution in [1.29, 1.82) is 0 Å². The molecule has 2 nitrogen and oxygen atoms in total. The number of H-pyrrole nitrogens is 1. The van der Waals surface area contributed by atoms with Crippen molar-refractivity contribution in [1.82, 2.24) is 4.98 Å². The fourth-order valence-electron chi connectivity index (χ4n) is 3.52. The molecule has 3 aromatic rings. The maximum Gasteiger partial charge on any atom is 0.197 e. The van der Waals surface area contributed by atoms with Crippen LogP contribution in [0.2, 0.25) is 0 Å². The summed E-state index contributed by atoms with van der Waals surface area (Å²) in [5, 5.41) is 1.67. The van der Waals surface area contributed by atoms with Crippen LogP contribution in [0.15, 0.2) is 47.3 Å². The molecular formula is C22H27NO. The molecule has 0 saturated heterocycles. The van der Waals surface area contributed by atoms with Crippen LogP contribution in [-0.2, 0) is 6.42 Å². The van der Waals surface area contributed by atoms with Gasteiger partial charge in [-0.3, -0.25) is 4.79 Å². The van der Waals surface area contributed by atoms with Gasteiger partial charge < -0.3 is 4.98 Å². The molecule has 3 rings (SSSR count). The summed E-state index contributed by atoms with van der Waals surface area (Å²) in [5.74, 6) is 0. The first-order valence-electron chi connectivity index (χ1n) is 9.34. The number of aromatic nitrogens is 1.